The van der Waals surface area contributed by atoms with Crippen LogP contribution >= 0.6 is 0 Å². The summed E-state index contributed by atoms with van der Waals surface area (Å²) in [5, 5.41) is 0. The zero-order valence-corrected chi connectivity index (χ0v) is 13.8. The first-order valence-electron chi connectivity index (χ1n) is 8.40. The molecule has 0 amide bonds. The van der Waals surface area contributed by atoms with E-state index in [4.69, 9.17) is 0 Å². The molecule has 0 radical (unpaired) electrons. The molecule has 0 N–H and O–H groups in total. The largest absolute Gasteiger partial charge is 0.294 e. The summed E-state index contributed by atoms with van der Waals surface area (Å²) in [6.45, 7) is 4.00. The van der Waals surface area contributed by atoms with Crippen LogP contribution in [0.15, 0.2) is 48.5 Å². The molecule has 3 rings (SSSR count). The number of carbonyl (C=O) groups excluding carboxylic acids is 1. The SMILES string of the molecule is Cc1ccc(-c2ccc(C(=O)C3CCC(C)C(F)C3)cc2)cc1. The normalized spacial score (nSPS) is 24.4. The van der Waals surface area contributed by atoms with Crippen molar-refractivity contribution in [3.05, 3.63) is 59.7 Å². The van der Waals surface area contributed by atoms with Crippen molar-refractivity contribution in [2.24, 2.45) is 11.8 Å². The van der Waals surface area contributed by atoms with Crippen molar-refractivity contribution in [3.63, 3.8) is 0 Å². The summed E-state index contributed by atoms with van der Waals surface area (Å²) in [6, 6.07) is 16.1. The van der Waals surface area contributed by atoms with Gasteiger partial charge in [-0.3, -0.25) is 4.79 Å². The zero-order valence-electron chi connectivity index (χ0n) is 13.8. The molecule has 0 aromatic heterocycles. The molecule has 23 heavy (non-hydrogen) atoms. The Balaban J connectivity index is 1.74. The summed E-state index contributed by atoms with van der Waals surface area (Å²) in [5.74, 6) is 0.0180. The van der Waals surface area contributed by atoms with E-state index >= 15 is 0 Å². The number of Topliss-reactive ketones (excluding diaryl/α,β-unsaturated/α-hetero) is 1. The summed E-state index contributed by atoms with van der Waals surface area (Å²) in [7, 11) is 0. The zero-order chi connectivity index (χ0) is 16.4. The minimum absolute atomic E-state index is 0.0861. The Labute approximate surface area is 137 Å². The molecular weight excluding hydrogens is 287 g/mol. The van der Waals surface area contributed by atoms with Crippen LogP contribution in [0.5, 0.6) is 0 Å². The highest BCUT2D eigenvalue weighted by Gasteiger charge is 2.31. The van der Waals surface area contributed by atoms with Gasteiger partial charge in [-0.25, -0.2) is 4.39 Å². The molecule has 1 nitrogen and oxygen atoms in total. The average molecular weight is 310 g/mol. The number of benzene rings is 2. The van der Waals surface area contributed by atoms with Crippen molar-refractivity contribution in [2.45, 2.75) is 39.3 Å². The molecule has 1 aliphatic carbocycles. The Hall–Kier alpha value is -1.96. The maximum absolute atomic E-state index is 13.9. The third-order valence-corrected chi connectivity index (χ3v) is 5.02. The van der Waals surface area contributed by atoms with Gasteiger partial charge in [0.15, 0.2) is 5.78 Å². The van der Waals surface area contributed by atoms with Crippen molar-refractivity contribution < 1.29 is 9.18 Å². The molecule has 1 aliphatic rings. The predicted octanol–water partition coefficient (Wildman–Crippen LogP) is 5.62. The van der Waals surface area contributed by atoms with E-state index in [0.717, 1.165) is 24.0 Å². The number of aryl methyl sites for hydroxylation is 1. The van der Waals surface area contributed by atoms with Gasteiger partial charge in [0.1, 0.15) is 6.17 Å². The van der Waals surface area contributed by atoms with E-state index in [0.29, 0.717) is 12.0 Å². The number of hydrogen-bond acceptors (Lipinski definition) is 1. The van der Waals surface area contributed by atoms with Gasteiger partial charge in [-0.05, 0) is 43.2 Å². The van der Waals surface area contributed by atoms with Crippen molar-refractivity contribution in [1.29, 1.82) is 0 Å². The average Bonchev–Trinajstić information content (AvgIpc) is 2.57. The van der Waals surface area contributed by atoms with Gasteiger partial charge in [0.2, 0.25) is 0 Å². The molecule has 3 unspecified atom stereocenters. The fourth-order valence-electron chi connectivity index (χ4n) is 3.31. The molecular formula is C21H23FO. The lowest BCUT2D eigenvalue weighted by Crippen LogP contribution is -2.29. The molecule has 0 spiro atoms. The molecule has 1 fully saturated rings. The predicted molar refractivity (Wildman–Crippen MR) is 92.3 cm³/mol. The number of halogens is 1. The highest BCUT2D eigenvalue weighted by atomic mass is 19.1. The second-order valence-electron chi connectivity index (χ2n) is 6.81. The molecule has 0 aliphatic heterocycles. The highest BCUT2D eigenvalue weighted by Crippen LogP contribution is 2.33. The van der Waals surface area contributed by atoms with Crippen LogP contribution < -0.4 is 0 Å². The number of hydrogen-bond donors (Lipinski definition) is 0. The third-order valence-electron chi connectivity index (χ3n) is 5.02. The van der Waals surface area contributed by atoms with Crippen LogP contribution in [-0.2, 0) is 0 Å². The first-order valence-corrected chi connectivity index (χ1v) is 8.40. The summed E-state index contributed by atoms with van der Waals surface area (Å²) >= 11 is 0. The number of alkyl halides is 1. The minimum Gasteiger partial charge on any atom is -0.294 e. The van der Waals surface area contributed by atoms with Gasteiger partial charge in [-0.2, -0.15) is 0 Å². The monoisotopic (exact) mass is 310 g/mol. The van der Waals surface area contributed by atoms with E-state index in [1.165, 1.54) is 5.56 Å². The van der Waals surface area contributed by atoms with Crippen LogP contribution in [-0.4, -0.2) is 12.0 Å². The van der Waals surface area contributed by atoms with E-state index < -0.39 is 6.17 Å². The van der Waals surface area contributed by atoms with Crippen LogP contribution in [0.25, 0.3) is 11.1 Å². The van der Waals surface area contributed by atoms with Crippen molar-refractivity contribution in [2.75, 3.05) is 0 Å². The molecule has 0 bridgehead atoms. The highest BCUT2D eigenvalue weighted by molar-refractivity contribution is 5.98. The molecule has 2 aromatic carbocycles. The van der Waals surface area contributed by atoms with Gasteiger partial charge in [-0.15, -0.1) is 0 Å². The van der Waals surface area contributed by atoms with Gasteiger partial charge in [0, 0.05) is 11.5 Å². The van der Waals surface area contributed by atoms with E-state index in [2.05, 4.69) is 31.2 Å². The summed E-state index contributed by atoms with van der Waals surface area (Å²) in [5.41, 5.74) is 4.17. The molecule has 120 valence electrons. The lowest BCUT2D eigenvalue weighted by atomic mass is 9.78. The smallest absolute Gasteiger partial charge is 0.166 e. The van der Waals surface area contributed by atoms with Gasteiger partial charge in [0.05, 0.1) is 0 Å². The van der Waals surface area contributed by atoms with E-state index in [1.807, 2.05) is 31.2 Å². The summed E-state index contributed by atoms with van der Waals surface area (Å²) < 4.78 is 13.9. The quantitative estimate of drug-likeness (QED) is 0.672. The first-order chi connectivity index (χ1) is 11.0. The maximum atomic E-state index is 13.9. The topological polar surface area (TPSA) is 17.1 Å². The van der Waals surface area contributed by atoms with Gasteiger partial charge >= 0.3 is 0 Å². The van der Waals surface area contributed by atoms with Crippen molar-refractivity contribution in [3.8, 4) is 11.1 Å². The number of rotatable bonds is 3. The lowest BCUT2D eigenvalue weighted by Gasteiger charge is -2.28. The number of carbonyl (C=O) groups is 1. The second-order valence-corrected chi connectivity index (χ2v) is 6.81. The molecule has 0 saturated heterocycles. The summed E-state index contributed by atoms with van der Waals surface area (Å²) in [4.78, 5) is 12.6. The Bertz CT molecular complexity index is 672. The van der Waals surface area contributed by atoms with Crippen molar-refractivity contribution in [1.82, 2.24) is 0 Å². The minimum atomic E-state index is -0.843. The lowest BCUT2D eigenvalue weighted by molar-refractivity contribution is 0.0777. The fraction of sp³-hybridized carbons (Fsp3) is 0.381. The van der Waals surface area contributed by atoms with Gasteiger partial charge in [-0.1, -0.05) is 61.0 Å². The Kier molecular flexibility index (Phi) is 4.61. The van der Waals surface area contributed by atoms with Crippen LogP contribution in [0.2, 0.25) is 0 Å². The maximum Gasteiger partial charge on any atom is 0.166 e. The summed E-state index contributed by atoms with van der Waals surface area (Å²) in [6.07, 6.45) is 1.14. The fourth-order valence-corrected chi connectivity index (χ4v) is 3.31. The van der Waals surface area contributed by atoms with Crippen molar-refractivity contribution >= 4 is 5.78 Å². The molecule has 3 atom stereocenters. The molecule has 1 saturated carbocycles. The molecule has 0 heterocycles. The van der Waals surface area contributed by atoms with Gasteiger partial charge < -0.3 is 0 Å². The Morgan fingerprint density at radius 2 is 1.52 bits per heavy atom. The Morgan fingerprint density at radius 3 is 2.09 bits per heavy atom. The van der Waals surface area contributed by atoms with Crippen LogP contribution in [0.1, 0.15) is 42.1 Å². The van der Waals surface area contributed by atoms with Crippen LogP contribution in [0.4, 0.5) is 4.39 Å². The molecule has 2 aromatic rings. The second kappa shape index (κ2) is 6.66. The first kappa shape index (κ1) is 15.9. The van der Waals surface area contributed by atoms with E-state index in [1.54, 1.807) is 0 Å². The Morgan fingerprint density at radius 1 is 0.957 bits per heavy atom. The standard InChI is InChI=1S/C21H23FO/c1-14-3-6-16(7-4-14)17-9-11-18(12-10-17)21(23)19-8-5-15(2)20(22)13-19/h3-4,6-7,9-12,15,19-20H,5,8,13H2,1-2H3. The van der Waals surface area contributed by atoms with Crippen LogP contribution in [0, 0.1) is 18.8 Å². The number of ketones is 1. The third kappa shape index (κ3) is 3.52. The van der Waals surface area contributed by atoms with E-state index in [9.17, 15) is 9.18 Å². The molecule has 2 heteroatoms. The van der Waals surface area contributed by atoms with Crippen LogP contribution in [0.3, 0.4) is 0 Å². The van der Waals surface area contributed by atoms with Gasteiger partial charge in [0.25, 0.3) is 0 Å². The van der Waals surface area contributed by atoms with E-state index in [-0.39, 0.29) is 17.6 Å².